The zero-order chi connectivity index (χ0) is 17.1. The van der Waals surface area contributed by atoms with Gasteiger partial charge in [-0.3, -0.25) is 4.79 Å². The summed E-state index contributed by atoms with van der Waals surface area (Å²) in [5.74, 6) is 0.103. The van der Waals surface area contributed by atoms with Crippen molar-refractivity contribution in [3.63, 3.8) is 0 Å². The minimum Gasteiger partial charge on any atom is -0.382 e. The Hall–Kier alpha value is -1.88. The van der Waals surface area contributed by atoms with Crippen molar-refractivity contribution in [3.05, 3.63) is 35.9 Å². The van der Waals surface area contributed by atoms with E-state index in [1.54, 1.807) is 0 Å². The molecule has 0 saturated carbocycles. The molecule has 1 aromatic rings. The third-order valence-electron chi connectivity index (χ3n) is 5.73. The van der Waals surface area contributed by atoms with Crippen molar-refractivity contribution in [2.75, 3.05) is 26.2 Å². The Kier molecular flexibility index (Phi) is 5.02. The molecule has 3 heterocycles. The zero-order valence-electron chi connectivity index (χ0n) is 14.8. The predicted octanol–water partition coefficient (Wildman–Crippen LogP) is 2.66. The van der Waals surface area contributed by atoms with Crippen LogP contribution in [0.5, 0.6) is 0 Å². The Morgan fingerprint density at radius 2 is 1.72 bits per heavy atom. The van der Waals surface area contributed by atoms with Gasteiger partial charge in [0, 0.05) is 25.6 Å². The lowest BCUT2D eigenvalue weighted by molar-refractivity contribution is -0.143. The average Bonchev–Trinajstić information content (AvgIpc) is 3.19. The normalized spacial score (nSPS) is 25.5. The number of hydrogen-bond acceptors (Lipinski definition) is 4. The summed E-state index contributed by atoms with van der Waals surface area (Å²) in [6.45, 7) is 4.16. The van der Waals surface area contributed by atoms with E-state index < -0.39 is 6.10 Å². The number of oxime groups is 1. The third kappa shape index (κ3) is 3.71. The van der Waals surface area contributed by atoms with Crippen molar-refractivity contribution in [2.45, 2.75) is 50.7 Å². The number of carbonyl (C=O) groups excluding carboxylic acids is 1. The molecule has 2 saturated heterocycles. The molecule has 0 unspecified atom stereocenters. The maximum Gasteiger partial charge on any atom is 0.266 e. The molecule has 25 heavy (non-hydrogen) atoms. The molecule has 3 aliphatic rings. The van der Waals surface area contributed by atoms with Crippen molar-refractivity contribution >= 4 is 11.6 Å². The molecule has 0 N–H and O–H groups in total. The molecule has 5 nitrogen and oxygen atoms in total. The summed E-state index contributed by atoms with van der Waals surface area (Å²) in [6, 6.07) is 10.6. The maximum absolute atomic E-state index is 12.8. The van der Waals surface area contributed by atoms with Gasteiger partial charge in [-0.05, 0) is 44.3 Å². The molecule has 3 aliphatic heterocycles. The molecular formula is C20H27N3O2. The number of piperidine rings is 2. The minimum absolute atomic E-state index is 0.103. The zero-order valence-corrected chi connectivity index (χ0v) is 14.8. The third-order valence-corrected chi connectivity index (χ3v) is 5.73. The number of rotatable bonds is 3. The molecule has 5 heteroatoms. The number of likely N-dealkylation sites (tertiary alicyclic amines) is 2. The lowest BCUT2D eigenvalue weighted by Gasteiger charge is -2.40. The highest BCUT2D eigenvalue weighted by atomic mass is 16.6. The van der Waals surface area contributed by atoms with E-state index in [4.69, 9.17) is 4.84 Å². The fourth-order valence-corrected chi connectivity index (χ4v) is 4.25. The van der Waals surface area contributed by atoms with E-state index in [2.05, 4.69) is 10.1 Å². The van der Waals surface area contributed by atoms with Crippen LogP contribution in [-0.4, -0.2) is 59.7 Å². The van der Waals surface area contributed by atoms with E-state index in [1.165, 1.54) is 32.4 Å². The first-order chi connectivity index (χ1) is 12.3. The molecule has 0 aliphatic carbocycles. The van der Waals surface area contributed by atoms with Crippen LogP contribution in [0.25, 0.3) is 0 Å². The summed E-state index contributed by atoms with van der Waals surface area (Å²) in [7, 11) is 0. The van der Waals surface area contributed by atoms with Crippen molar-refractivity contribution in [1.29, 1.82) is 0 Å². The van der Waals surface area contributed by atoms with Gasteiger partial charge < -0.3 is 14.6 Å². The van der Waals surface area contributed by atoms with Gasteiger partial charge in [0.1, 0.15) is 0 Å². The van der Waals surface area contributed by atoms with Gasteiger partial charge in [-0.2, -0.15) is 0 Å². The molecule has 134 valence electrons. The fourth-order valence-electron chi connectivity index (χ4n) is 4.25. The molecule has 1 amide bonds. The van der Waals surface area contributed by atoms with Gasteiger partial charge in [0.05, 0.1) is 5.71 Å². The van der Waals surface area contributed by atoms with E-state index in [0.29, 0.717) is 12.5 Å². The fraction of sp³-hybridized carbons (Fsp3) is 0.600. The molecule has 2 fully saturated rings. The van der Waals surface area contributed by atoms with Crippen molar-refractivity contribution in [2.24, 2.45) is 5.16 Å². The Morgan fingerprint density at radius 1 is 1.00 bits per heavy atom. The van der Waals surface area contributed by atoms with Gasteiger partial charge in [0.2, 0.25) is 6.10 Å². The first-order valence-corrected chi connectivity index (χ1v) is 9.62. The highest BCUT2D eigenvalue weighted by molar-refractivity contribution is 6.04. The van der Waals surface area contributed by atoms with E-state index >= 15 is 0 Å². The van der Waals surface area contributed by atoms with Gasteiger partial charge in [0.25, 0.3) is 5.91 Å². The molecule has 0 bridgehead atoms. The Balaban J connectivity index is 1.28. The highest BCUT2D eigenvalue weighted by Gasteiger charge is 2.35. The number of carbonyl (C=O) groups is 1. The van der Waals surface area contributed by atoms with Gasteiger partial charge in [0.15, 0.2) is 0 Å². The van der Waals surface area contributed by atoms with Gasteiger partial charge >= 0.3 is 0 Å². The molecule has 0 radical (unpaired) electrons. The summed E-state index contributed by atoms with van der Waals surface area (Å²) in [6.07, 6.45) is 6.34. The molecule has 1 atom stereocenters. The van der Waals surface area contributed by atoms with Crippen LogP contribution in [0, 0.1) is 0 Å². The quantitative estimate of drug-likeness (QED) is 0.849. The topological polar surface area (TPSA) is 45.1 Å². The first kappa shape index (κ1) is 16.6. The standard InChI is InChI=1S/C20H27N3O2/c24-20(19-15-18(21-25-19)16-7-3-1-4-8-16)23-13-9-17(10-14-23)22-11-5-2-6-12-22/h1,3-4,7-8,17,19H,2,5-6,9-15H2/t19-/m1/s1. The van der Waals surface area contributed by atoms with E-state index in [1.807, 2.05) is 35.2 Å². The molecule has 0 aromatic heterocycles. The van der Waals surface area contributed by atoms with Crippen LogP contribution in [0.3, 0.4) is 0 Å². The Labute approximate surface area is 149 Å². The highest BCUT2D eigenvalue weighted by Crippen LogP contribution is 2.23. The van der Waals surface area contributed by atoms with Gasteiger partial charge in [-0.25, -0.2) is 0 Å². The molecule has 4 rings (SSSR count). The summed E-state index contributed by atoms with van der Waals surface area (Å²) in [4.78, 5) is 22.9. The van der Waals surface area contributed by atoms with Crippen LogP contribution < -0.4 is 0 Å². The number of nitrogens with zero attached hydrogens (tertiary/aromatic N) is 3. The molecule has 0 spiro atoms. The summed E-state index contributed by atoms with van der Waals surface area (Å²) < 4.78 is 0. The second-order valence-corrected chi connectivity index (χ2v) is 7.36. The van der Waals surface area contributed by atoms with Crippen LogP contribution in [0.15, 0.2) is 35.5 Å². The second kappa shape index (κ2) is 7.56. The SMILES string of the molecule is O=C([C@H]1CC(c2ccccc2)=NO1)N1CCC(N2CCCCC2)CC1. The molecular weight excluding hydrogens is 314 g/mol. The van der Waals surface area contributed by atoms with Crippen LogP contribution in [-0.2, 0) is 9.63 Å². The van der Waals surface area contributed by atoms with Crippen LogP contribution >= 0.6 is 0 Å². The lowest BCUT2D eigenvalue weighted by atomic mass is 9.99. The van der Waals surface area contributed by atoms with Crippen LogP contribution in [0.2, 0.25) is 0 Å². The minimum atomic E-state index is -0.443. The summed E-state index contributed by atoms with van der Waals surface area (Å²) >= 11 is 0. The Bertz CT molecular complexity index is 617. The van der Waals surface area contributed by atoms with Crippen molar-refractivity contribution < 1.29 is 9.63 Å². The maximum atomic E-state index is 12.8. The number of hydrogen-bond donors (Lipinski definition) is 0. The van der Waals surface area contributed by atoms with Gasteiger partial charge in [-0.1, -0.05) is 41.9 Å². The second-order valence-electron chi connectivity index (χ2n) is 7.36. The predicted molar refractivity (Wildman–Crippen MR) is 97.5 cm³/mol. The van der Waals surface area contributed by atoms with Crippen LogP contribution in [0.1, 0.15) is 44.1 Å². The lowest BCUT2D eigenvalue weighted by Crippen LogP contribution is -2.50. The monoisotopic (exact) mass is 341 g/mol. The summed E-state index contributed by atoms with van der Waals surface area (Å²) in [5, 5.41) is 4.15. The first-order valence-electron chi connectivity index (χ1n) is 9.62. The smallest absolute Gasteiger partial charge is 0.266 e. The Morgan fingerprint density at radius 3 is 2.44 bits per heavy atom. The van der Waals surface area contributed by atoms with Gasteiger partial charge in [-0.15, -0.1) is 0 Å². The van der Waals surface area contributed by atoms with Crippen molar-refractivity contribution in [1.82, 2.24) is 9.80 Å². The summed E-state index contributed by atoms with van der Waals surface area (Å²) in [5.41, 5.74) is 1.92. The van der Waals surface area contributed by atoms with E-state index in [0.717, 1.165) is 37.2 Å². The number of benzene rings is 1. The van der Waals surface area contributed by atoms with E-state index in [9.17, 15) is 4.79 Å². The van der Waals surface area contributed by atoms with Crippen LogP contribution in [0.4, 0.5) is 0 Å². The van der Waals surface area contributed by atoms with Crippen molar-refractivity contribution in [3.8, 4) is 0 Å². The van der Waals surface area contributed by atoms with E-state index in [-0.39, 0.29) is 5.91 Å². The average molecular weight is 341 g/mol. The largest absolute Gasteiger partial charge is 0.382 e. The molecule has 1 aromatic carbocycles. The number of amides is 1.